The van der Waals surface area contributed by atoms with Crippen LogP contribution in [0.15, 0.2) is 29.8 Å². The van der Waals surface area contributed by atoms with Crippen LogP contribution in [0, 0.1) is 0 Å². The molecule has 2 aromatic rings. The van der Waals surface area contributed by atoms with Gasteiger partial charge >= 0.3 is 0 Å². The maximum atomic E-state index is 8.73. The van der Waals surface area contributed by atoms with E-state index >= 15 is 0 Å². The summed E-state index contributed by atoms with van der Waals surface area (Å²) < 4.78 is 3.87. The number of amidine groups is 1. The molecule has 0 radical (unpaired) electrons. The first-order valence-electron chi connectivity index (χ1n) is 6.81. The molecule has 20 heavy (non-hydrogen) atoms. The Labute approximate surface area is 116 Å². The topological polar surface area (TPSA) is 94.3 Å². The Morgan fingerprint density at radius 3 is 2.95 bits per heavy atom. The second-order valence-electron chi connectivity index (χ2n) is 5.09. The molecular weight excluding hydrogens is 256 g/mol. The number of hydrogen-bond acceptors (Lipinski definition) is 4. The zero-order valence-electron chi connectivity index (χ0n) is 11.2. The van der Waals surface area contributed by atoms with Crippen LogP contribution in [0.2, 0.25) is 0 Å². The molecule has 0 bridgehead atoms. The van der Waals surface area contributed by atoms with Crippen LogP contribution in [-0.4, -0.2) is 30.4 Å². The van der Waals surface area contributed by atoms with Crippen LogP contribution in [-0.2, 0) is 6.54 Å². The van der Waals surface area contributed by atoms with Gasteiger partial charge in [0.05, 0.1) is 18.3 Å². The second kappa shape index (κ2) is 5.36. The van der Waals surface area contributed by atoms with E-state index in [-0.39, 0.29) is 5.84 Å². The molecule has 106 valence electrons. The zero-order chi connectivity index (χ0) is 13.9. The first kappa shape index (κ1) is 12.7. The molecule has 1 aliphatic carbocycles. The number of rotatable bonds is 4. The first-order valence-corrected chi connectivity index (χ1v) is 6.81. The Morgan fingerprint density at radius 2 is 2.20 bits per heavy atom. The molecule has 2 aromatic heterocycles. The van der Waals surface area contributed by atoms with Crippen LogP contribution in [0.25, 0.3) is 0 Å². The highest BCUT2D eigenvalue weighted by molar-refractivity contribution is 5.93. The van der Waals surface area contributed by atoms with Crippen molar-refractivity contribution in [3.8, 4) is 0 Å². The normalized spacial score (nSPS) is 16.9. The van der Waals surface area contributed by atoms with Crippen LogP contribution in [0.5, 0.6) is 0 Å². The summed E-state index contributed by atoms with van der Waals surface area (Å²) in [7, 11) is 0. The summed E-state index contributed by atoms with van der Waals surface area (Å²) in [6, 6.07) is 2.55. The van der Waals surface area contributed by atoms with Crippen molar-refractivity contribution < 1.29 is 5.21 Å². The van der Waals surface area contributed by atoms with Gasteiger partial charge in [-0.05, 0) is 18.9 Å². The molecule has 2 heterocycles. The summed E-state index contributed by atoms with van der Waals surface area (Å²) in [5.41, 5.74) is 6.54. The molecule has 0 spiro atoms. The molecule has 0 amide bonds. The molecule has 7 nitrogen and oxygen atoms in total. The average Bonchev–Trinajstić information content (AvgIpc) is 3.19. The van der Waals surface area contributed by atoms with Crippen LogP contribution in [0.4, 0.5) is 0 Å². The van der Waals surface area contributed by atoms with Crippen molar-refractivity contribution >= 4 is 5.84 Å². The van der Waals surface area contributed by atoms with Crippen molar-refractivity contribution in [3.63, 3.8) is 0 Å². The lowest BCUT2D eigenvalue weighted by molar-refractivity contribution is 0.318. The maximum Gasteiger partial charge on any atom is 0.206 e. The second-order valence-corrected chi connectivity index (χ2v) is 5.09. The van der Waals surface area contributed by atoms with Crippen molar-refractivity contribution in [2.24, 2.45) is 10.9 Å². The number of aromatic nitrogens is 4. The van der Waals surface area contributed by atoms with E-state index in [1.54, 1.807) is 12.4 Å². The van der Waals surface area contributed by atoms with E-state index in [0.29, 0.717) is 18.4 Å². The molecular formula is C13H18N6O. The zero-order valence-corrected chi connectivity index (χ0v) is 11.2. The molecule has 3 rings (SSSR count). The number of oxime groups is 1. The Morgan fingerprint density at radius 1 is 1.40 bits per heavy atom. The lowest BCUT2D eigenvalue weighted by atomic mass is 10.3. The summed E-state index contributed by atoms with van der Waals surface area (Å²) in [5, 5.41) is 16.3. The molecule has 0 aliphatic heterocycles. The summed E-state index contributed by atoms with van der Waals surface area (Å²) in [6.07, 6.45) is 10.4. The fraction of sp³-hybridized carbons (Fsp3) is 0.462. The maximum absolute atomic E-state index is 8.73. The third-order valence-electron chi connectivity index (χ3n) is 3.75. The average molecular weight is 274 g/mol. The molecule has 0 atom stereocenters. The van der Waals surface area contributed by atoms with E-state index in [2.05, 4.69) is 19.9 Å². The van der Waals surface area contributed by atoms with Gasteiger partial charge in [0.15, 0.2) is 5.82 Å². The minimum atomic E-state index is 0.00484. The van der Waals surface area contributed by atoms with E-state index < -0.39 is 0 Å². The third-order valence-corrected chi connectivity index (χ3v) is 3.75. The van der Waals surface area contributed by atoms with Gasteiger partial charge in [0.25, 0.3) is 0 Å². The van der Waals surface area contributed by atoms with Gasteiger partial charge in [-0.25, -0.2) is 4.98 Å². The lowest BCUT2D eigenvalue weighted by Crippen LogP contribution is -2.20. The summed E-state index contributed by atoms with van der Waals surface area (Å²) in [6.45, 7) is 0.561. The van der Waals surface area contributed by atoms with Gasteiger partial charge in [-0.3, -0.25) is 4.68 Å². The first-order chi connectivity index (χ1) is 9.78. The highest BCUT2D eigenvalue weighted by atomic mass is 16.4. The monoisotopic (exact) mass is 274 g/mol. The van der Waals surface area contributed by atoms with Crippen LogP contribution in [0.1, 0.15) is 43.2 Å². The van der Waals surface area contributed by atoms with Gasteiger partial charge in [-0.15, -0.1) is 0 Å². The summed E-state index contributed by atoms with van der Waals surface area (Å²) in [5.74, 6) is 0.452. The highest BCUT2D eigenvalue weighted by Gasteiger charge is 2.18. The standard InChI is InChI=1S/C13H18N6O/c14-12(17-20)13-15-6-8-18(13)9-10-5-7-19(16-10)11-3-1-2-4-11/h5-8,11,20H,1-4,9H2,(H2,14,17). The number of imidazole rings is 1. The number of hydrogen-bond donors (Lipinski definition) is 2. The van der Waals surface area contributed by atoms with E-state index in [1.165, 1.54) is 25.7 Å². The predicted molar refractivity (Wildman–Crippen MR) is 73.6 cm³/mol. The molecule has 7 heteroatoms. The van der Waals surface area contributed by atoms with Crippen LogP contribution < -0.4 is 5.73 Å². The molecule has 0 unspecified atom stereocenters. The number of nitrogens with two attached hydrogens (primary N) is 1. The fourth-order valence-corrected chi connectivity index (χ4v) is 2.72. The molecule has 1 aliphatic rings. The smallest absolute Gasteiger partial charge is 0.206 e. The van der Waals surface area contributed by atoms with Gasteiger partial charge in [0.2, 0.25) is 5.84 Å². The van der Waals surface area contributed by atoms with Gasteiger partial charge in [-0.1, -0.05) is 18.0 Å². The van der Waals surface area contributed by atoms with Gasteiger partial charge < -0.3 is 15.5 Å². The Balaban J connectivity index is 1.76. The van der Waals surface area contributed by atoms with Crippen molar-refractivity contribution in [1.82, 2.24) is 19.3 Å². The van der Waals surface area contributed by atoms with Crippen molar-refractivity contribution in [1.29, 1.82) is 0 Å². The van der Waals surface area contributed by atoms with Crippen molar-refractivity contribution in [2.45, 2.75) is 38.3 Å². The van der Waals surface area contributed by atoms with Gasteiger partial charge in [0, 0.05) is 18.6 Å². The quantitative estimate of drug-likeness (QED) is 0.381. The Bertz CT molecular complexity index is 608. The van der Waals surface area contributed by atoms with E-state index in [1.807, 2.05) is 16.8 Å². The molecule has 3 N–H and O–H groups in total. The molecule has 0 saturated heterocycles. The van der Waals surface area contributed by atoms with E-state index in [0.717, 1.165) is 5.69 Å². The minimum Gasteiger partial charge on any atom is -0.409 e. The third kappa shape index (κ3) is 2.38. The molecule has 1 fully saturated rings. The summed E-state index contributed by atoms with van der Waals surface area (Å²) in [4.78, 5) is 4.08. The SMILES string of the molecule is N/C(=N/O)c1nccn1Cc1ccn(C2CCCC2)n1. The highest BCUT2D eigenvalue weighted by Crippen LogP contribution is 2.28. The van der Waals surface area contributed by atoms with E-state index in [4.69, 9.17) is 10.9 Å². The van der Waals surface area contributed by atoms with Crippen LogP contribution in [0.3, 0.4) is 0 Å². The van der Waals surface area contributed by atoms with E-state index in [9.17, 15) is 0 Å². The molecule has 1 saturated carbocycles. The Hall–Kier alpha value is -2.31. The van der Waals surface area contributed by atoms with Gasteiger partial charge in [-0.2, -0.15) is 5.10 Å². The van der Waals surface area contributed by atoms with Gasteiger partial charge in [0.1, 0.15) is 0 Å². The summed E-state index contributed by atoms with van der Waals surface area (Å²) >= 11 is 0. The lowest BCUT2D eigenvalue weighted by Gasteiger charge is -2.09. The van der Waals surface area contributed by atoms with Crippen molar-refractivity contribution in [3.05, 3.63) is 36.2 Å². The van der Waals surface area contributed by atoms with Crippen molar-refractivity contribution in [2.75, 3.05) is 0 Å². The minimum absolute atomic E-state index is 0.00484. The number of nitrogens with zero attached hydrogens (tertiary/aromatic N) is 5. The Kier molecular flexibility index (Phi) is 3.41. The largest absolute Gasteiger partial charge is 0.409 e. The van der Waals surface area contributed by atoms with Crippen LogP contribution >= 0.6 is 0 Å². The fourth-order valence-electron chi connectivity index (χ4n) is 2.72. The molecule has 0 aromatic carbocycles. The predicted octanol–water partition coefficient (Wildman–Crippen LogP) is 1.34.